The van der Waals surface area contributed by atoms with Crippen LogP contribution in [0.2, 0.25) is 0 Å². The van der Waals surface area contributed by atoms with Crippen LogP contribution < -0.4 is 0 Å². The third kappa shape index (κ3) is 3.50. The molecule has 1 nitrogen and oxygen atoms in total. The van der Waals surface area contributed by atoms with Gasteiger partial charge < -0.3 is 0 Å². The smallest absolute Gasteiger partial charge is 0.123 e. The average molecular weight is 281 g/mol. The Kier molecular flexibility index (Phi) is 4.95. The van der Waals surface area contributed by atoms with Gasteiger partial charge >= 0.3 is 0 Å². The van der Waals surface area contributed by atoms with Gasteiger partial charge in [0.05, 0.1) is 5.69 Å². The van der Waals surface area contributed by atoms with E-state index >= 15 is 0 Å². The normalized spacial score (nSPS) is 10.7. The average Bonchev–Trinajstić information content (AvgIpc) is 2.73. The van der Waals surface area contributed by atoms with Gasteiger partial charge in [-0.25, -0.2) is 4.98 Å². The Morgan fingerprint density at radius 3 is 2.71 bits per heavy atom. The molecule has 0 spiro atoms. The van der Waals surface area contributed by atoms with Gasteiger partial charge in [-0.3, -0.25) is 0 Å². The van der Waals surface area contributed by atoms with Crippen molar-refractivity contribution in [1.29, 1.82) is 0 Å². The Hall–Kier alpha value is -0.450. The second kappa shape index (κ2) is 6.47. The zero-order valence-electron chi connectivity index (χ0n) is 9.97. The number of hydrogen-bond acceptors (Lipinski definition) is 4. The van der Waals surface area contributed by atoms with Gasteiger partial charge in [-0.15, -0.1) is 11.3 Å². The third-order valence-electron chi connectivity index (χ3n) is 2.44. The molecule has 0 fully saturated rings. The molecule has 1 heterocycles. The summed E-state index contributed by atoms with van der Waals surface area (Å²) >= 11 is 1.83. The molecule has 0 radical (unpaired) electrons. The zero-order chi connectivity index (χ0) is 12.1. The highest BCUT2D eigenvalue weighted by Gasteiger charge is 2.08. The summed E-state index contributed by atoms with van der Waals surface area (Å²) < 4.78 is 0. The second-order valence-corrected chi connectivity index (χ2v) is 7.40. The Bertz CT molecular complexity index is 465. The van der Waals surface area contributed by atoms with Gasteiger partial charge in [0.25, 0.3) is 0 Å². The zero-order valence-corrected chi connectivity index (χ0v) is 12.4. The number of hydrogen-bond donors (Lipinski definition) is 0. The highest BCUT2D eigenvalue weighted by atomic mass is 33.1. The maximum atomic E-state index is 4.66. The molecule has 0 bridgehead atoms. The molecule has 17 heavy (non-hydrogen) atoms. The Labute approximate surface area is 114 Å². The standard InChI is InChI=1S/C13H15NS3/c1-10-12(8-9-16-15-2)17-13(14-10)11-6-4-3-5-7-11/h3-7H,8-9H2,1-2H3. The molecule has 0 aliphatic carbocycles. The van der Waals surface area contributed by atoms with Gasteiger partial charge in [0, 0.05) is 16.2 Å². The van der Waals surface area contributed by atoms with Crippen molar-refractivity contribution in [2.75, 3.05) is 12.0 Å². The molecule has 0 N–H and O–H groups in total. The number of aromatic nitrogens is 1. The minimum absolute atomic E-state index is 1.13. The molecule has 90 valence electrons. The van der Waals surface area contributed by atoms with Gasteiger partial charge in [0.2, 0.25) is 0 Å². The lowest BCUT2D eigenvalue weighted by Crippen LogP contribution is -1.86. The van der Waals surface area contributed by atoms with Crippen molar-refractivity contribution in [3.63, 3.8) is 0 Å². The molecule has 0 amide bonds. The molecule has 0 saturated heterocycles. The van der Waals surface area contributed by atoms with Gasteiger partial charge in [0.1, 0.15) is 5.01 Å². The molecule has 2 aromatic rings. The van der Waals surface area contributed by atoms with Crippen molar-refractivity contribution in [3.05, 3.63) is 40.9 Å². The topological polar surface area (TPSA) is 12.9 Å². The fraction of sp³-hybridized carbons (Fsp3) is 0.308. The van der Waals surface area contributed by atoms with E-state index in [1.807, 2.05) is 39.0 Å². The Morgan fingerprint density at radius 2 is 2.00 bits per heavy atom. The number of thiazole rings is 1. The first kappa shape index (κ1) is 13.0. The monoisotopic (exact) mass is 281 g/mol. The molecule has 0 aliphatic rings. The fourth-order valence-electron chi connectivity index (χ4n) is 1.58. The van der Waals surface area contributed by atoms with Crippen molar-refractivity contribution < 1.29 is 0 Å². The highest BCUT2D eigenvalue weighted by molar-refractivity contribution is 8.76. The number of rotatable bonds is 5. The lowest BCUT2D eigenvalue weighted by atomic mass is 10.2. The van der Waals surface area contributed by atoms with Crippen LogP contribution in [0.4, 0.5) is 0 Å². The van der Waals surface area contributed by atoms with Crippen LogP contribution in [-0.2, 0) is 6.42 Å². The first-order chi connectivity index (χ1) is 8.31. The van der Waals surface area contributed by atoms with Crippen molar-refractivity contribution in [2.45, 2.75) is 13.3 Å². The van der Waals surface area contributed by atoms with E-state index in [9.17, 15) is 0 Å². The molecule has 1 aromatic heterocycles. The molecule has 0 atom stereocenters. The van der Waals surface area contributed by atoms with Crippen molar-refractivity contribution >= 4 is 32.9 Å². The first-order valence-electron chi connectivity index (χ1n) is 5.48. The minimum Gasteiger partial charge on any atom is -0.241 e. The quantitative estimate of drug-likeness (QED) is 0.584. The molecule has 0 unspecified atom stereocenters. The summed E-state index contributed by atoms with van der Waals surface area (Å²) in [4.78, 5) is 6.08. The molecule has 4 heteroatoms. The summed E-state index contributed by atoms with van der Waals surface area (Å²) in [7, 11) is 3.74. The van der Waals surface area contributed by atoms with Gasteiger partial charge in [-0.05, 0) is 19.6 Å². The second-order valence-electron chi connectivity index (χ2n) is 3.63. The lowest BCUT2D eigenvalue weighted by molar-refractivity contribution is 1.13. The predicted octanol–water partition coefficient (Wildman–Crippen LogP) is 4.67. The molecule has 0 aliphatic heterocycles. The van der Waals surface area contributed by atoms with Gasteiger partial charge in [0.15, 0.2) is 0 Å². The first-order valence-corrected chi connectivity index (χ1v) is 9.03. The third-order valence-corrected chi connectivity index (χ3v) is 5.52. The van der Waals surface area contributed by atoms with Crippen LogP contribution in [-0.4, -0.2) is 17.0 Å². The minimum atomic E-state index is 1.13. The summed E-state index contributed by atoms with van der Waals surface area (Å²) in [6.07, 6.45) is 3.25. The number of aryl methyl sites for hydroxylation is 2. The number of nitrogens with zero attached hydrogens (tertiary/aromatic N) is 1. The Balaban J connectivity index is 2.13. The van der Waals surface area contributed by atoms with Crippen LogP contribution in [0.1, 0.15) is 10.6 Å². The van der Waals surface area contributed by atoms with E-state index in [4.69, 9.17) is 0 Å². The van der Waals surface area contributed by atoms with Crippen LogP contribution in [0.5, 0.6) is 0 Å². The van der Waals surface area contributed by atoms with Gasteiger partial charge in [-0.1, -0.05) is 51.9 Å². The summed E-state index contributed by atoms with van der Waals surface area (Å²) in [6, 6.07) is 10.4. The largest absolute Gasteiger partial charge is 0.241 e. The highest BCUT2D eigenvalue weighted by Crippen LogP contribution is 2.29. The molecule has 2 rings (SSSR count). The van der Waals surface area contributed by atoms with Crippen LogP contribution in [0.15, 0.2) is 30.3 Å². The summed E-state index contributed by atoms with van der Waals surface area (Å²) in [5.41, 5.74) is 2.42. The van der Waals surface area contributed by atoms with Crippen LogP contribution in [0.25, 0.3) is 10.6 Å². The van der Waals surface area contributed by atoms with E-state index in [-0.39, 0.29) is 0 Å². The van der Waals surface area contributed by atoms with E-state index < -0.39 is 0 Å². The molecular weight excluding hydrogens is 266 g/mol. The van der Waals surface area contributed by atoms with E-state index in [0.29, 0.717) is 0 Å². The molecule has 1 aromatic carbocycles. The van der Waals surface area contributed by atoms with Crippen molar-refractivity contribution in [2.24, 2.45) is 0 Å². The summed E-state index contributed by atoms with van der Waals surface area (Å²) in [5, 5.41) is 1.15. The molecular formula is C13H15NS3. The van der Waals surface area contributed by atoms with Gasteiger partial charge in [-0.2, -0.15) is 0 Å². The van der Waals surface area contributed by atoms with Crippen LogP contribution in [0.3, 0.4) is 0 Å². The maximum absolute atomic E-state index is 4.66. The maximum Gasteiger partial charge on any atom is 0.123 e. The summed E-state index contributed by atoms with van der Waals surface area (Å²) in [6.45, 7) is 2.11. The van der Waals surface area contributed by atoms with E-state index in [2.05, 4.69) is 42.4 Å². The van der Waals surface area contributed by atoms with Crippen molar-refractivity contribution in [1.82, 2.24) is 4.98 Å². The lowest BCUT2D eigenvalue weighted by Gasteiger charge is -1.96. The molecule has 0 saturated carbocycles. The Morgan fingerprint density at radius 1 is 1.24 bits per heavy atom. The van der Waals surface area contributed by atoms with Crippen LogP contribution in [0, 0.1) is 6.92 Å². The van der Waals surface area contributed by atoms with E-state index in [1.54, 1.807) is 0 Å². The van der Waals surface area contributed by atoms with Crippen molar-refractivity contribution in [3.8, 4) is 10.6 Å². The van der Waals surface area contributed by atoms with E-state index in [0.717, 1.165) is 11.4 Å². The SMILES string of the molecule is CSSCCc1sc(-c2ccccc2)nc1C. The predicted molar refractivity (Wildman–Crippen MR) is 82.0 cm³/mol. The van der Waals surface area contributed by atoms with Crippen LogP contribution >= 0.6 is 32.9 Å². The number of benzene rings is 1. The summed E-state index contributed by atoms with van der Waals surface area (Å²) in [5.74, 6) is 1.17. The van der Waals surface area contributed by atoms with E-state index in [1.165, 1.54) is 21.9 Å². The fourth-order valence-corrected chi connectivity index (χ4v) is 3.98.